The summed E-state index contributed by atoms with van der Waals surface area (Å²) in [5, 5.41) is 13.6. The van der Waals surface area contributed by atoms with Gasteiger partial charge in [-0.15, -0.1) is 0 Å². The third-order valence-electron chi connectivity index (χ3n) is 4.43. The number of aliphatic imine (C=N–C) groups is 1. The van der Waals surface area contributed by atoms with Crippen LogP contribution in [0.4, 0.5) is 13.8 Å². The molecule has 7 nitrogen and oxygen atoms in total. The molecule has 5 N–H and O–H groups in total. The Morgan fingerprint density at radius 1 is 1.45 bits per heavy atom. The minimum absolute atomic E-state index is 0.0277. The van der Waals surface area contributed by atoms with Crippen LogP contribution >= 0.6 is 11.3 Å². The van der Waals surface area contributed by atoms with E-state index in [9.17, 15) is 13.6 Å². The number of nitrogens with two attached hydrogens (primary N) is 1. The summed E-state index contributed by atoms with van der Waals surface area (Å²) in [6.45, 7) is 1.46. The minimum Gasteiger partial charge on any atom is -0.389 e. The maximum atomic E-state index is 14.0. The predicted octanol–water partition coefficient (Wildman–Crippen LogP) is 2.41. The monoisotopic (exact) mass is 418 g/mol. The number of hydrogen-bond donors (Lipinski definition) is 4. The van der Waals surface area contributed by atoms with Gasteiger partial charge < -0.3 is 21.8 Å². The molecule has 2 heterocycles. The topological polar surface area (TPSA) is 116 Å². The van der Waals surface area contributed by atoms with Crippen LogP contribution in [0.2, 0.25) is 0 Å². The number of amides is 1. The van der Waals surface area contributed by atoms with Crippen molar-refractivity contribution in [2.45, 2.75) is 12.5 Å². The lowest BCUT2D eigenvalue weighted by Crippen LogP contribution is -2.43. The lowest BCUT2D eigenvalue weighted by Gasteiger charge is -2.21. The number of thiazole rings is 1. The molecular formula is C19H20F2N6OS. The molecule has 1 aromatic carbocycles. The highest BCUT2D eigenvalue weighted by Crippen LogP contribution is 2.33. The maximum absolute atomic E-state index is 14.0. The number of aromatic nitrogens is 1. The van der Waals surface area contributed by atoms with Gasteiger partial charge in [0.05, 0.1) is 11.3 Å². The number of carbonyl (C=O) groups is 1. The van der Waals surface area contributed by atoms with Crippen LogP contribution in [0.25, 0.3) is 10.6 Å². The van der Waals surface area contributed by atoms with Crippen LogP contribution in [0.1, 0.15) is 16.9 Å². The van der Waals surface area contributed by atoms with Crippen molar-refractivity contribution in [3.63, 3.8) is 0 Å². The van der Waals surface area contributed by atoms with Crippen molar-refractivity contribution >= 4 is 34.2 Å². The van der Waals surface area contributed by atoms with Crippen LogP contribution in [0.3, 0.4) is 0 Å². The van der Waals surface area contributed by atoms with Gasteiger partial charge >= 0.3 is 0 Å². The molecule has 0 radical (unpaired) electrons. The first-order valence-corrected chi connectivity index (χ1v) is 9.66. The first kappa shape index (κ1) is 20.7. The average Bonchev–Trinajstić information content (AvgIpc) is 3.09. The van der Waals surface area contributed by atoms with Gasteiger partial charge in [-0.3, -0.25) is 9.79 Å². The Bertz CT molecular complexity index is 980. The fourth-order valence-electron chi connectivity index (χ4n) is 3.04. The molecule has 1 aliphatic rings. The first-order chi connectivity index (χ1) is 14.0. The molecule has 1 aliphatic heterocycles. The van der Waals surface area contributed by atoms with Gasteiger partial charge in [0, 0.05) is 19.8 Å². The van der Waals surface area contributed by atoms with E-state index in [0.717, 1.165) is 48.2 Å². The smallest absolute Gasteiger partial charge is 0.273 e. The average molecular weight is 418 g/mol. The lowest BCUT2D eigenvalue weighted by atomic mass is 9.98. The maximum Gasteiger partial charge on any atom is 0.273 e. The van der Waals surface area contributed by atoms with Crippen molar-refractivity contribution in [2.24, 2.45) is 4.99 Å². The number of anilines is 1. The van der Waals surface area contributed by atoms with Crippen LogP contribution in [-0.4, -0.2) is 49.0 Å². The van der Waals surface area contributed by atoms with E-state index >= 15 is 0 Å². The first-order valence-electron chi connectivity index (χ1n) is 8.85. The highest BCUT2D eigenvalue weighted by molar-refractivity contribution is 7.19. The standard InChI is InChI=1S/C19H20F2N6OS/c1-24-15(10-5-7-25-8-6-10)13(9-22)26-18(28)16-17(23)29-19(27-16)14-11(20)3-2-4-12(14)21/h2-5,9,13,22,25H,6-8,23H2,1H3,(H,26,28). The quantitative estimate of drug-likeness (QED) is 0.539. The van der Waals surface area contributed by atoms with E-state index in [1.807, 2.05) is 6.08 Å². The zero-order chi connectivity index (χ0) is 21.0. The van der Waals surface area contributed by atoms with Gasteiger partial charge in [0.15, 0.2) is 5.69 Å². The van der Waals surface area contributed by atoms with Crippen LogP contribution in [0.15, 0.2) is 34.8 Å². The van der Waals surface area contributed by atoms with Gasteiger partial charge in [0.2, 0.25) is 0 Å². The van der Waals surface area contributed by atoms with E-state index in [4.69, 9.17) is 11.1 Å². The fraction of sp³-hybridized carbons (Fsp3) is 0.263. The second-order valence-corrected chi connectivity index (χ2v) is 7.27. The Kier molecular flexibility index (Phi) is 6.45. The summed E-state index contributed by atoms with van der Waals surface area (Å²) in [5.41, 5.74) is 6.93. The number of nitrogens with one attached hydrogen (secondary N) is 3. The van der Waals surface area contributed by atoms with Crippen LogP contribution < -0.4 is 16.4 Å². The number of rotatable bonds is 6. The molecule has 10 heteroatoms. The zero-order valence-electron chi connectivity index (χ0n) is 15.6. The second-order valence-electron chi connectivity index (χ2n) is 6.24. The Balaban J connectivity index is 1.86. The van der Waals surface area contributed by atoms with Crippen LogP contribution in [0.5, 0.6) is 0 Å². The van der Waals surface area contributed by atoms with Crippen molar-refractivity contribution in [1.29, 1.82) is 5.41 Å². The highest BCUT2D eigenvalue weighted by Gasteiger charge is 2.25. The number of nitrogens with zero attached hydrogens (tertiary/aromatic N) is 2. The molecule has 1 amide bonds. The van der Waals surface area contributed by atoms with Crippen molar-refractivity contribution in [3.8, 4) is 10.6 Å². The molecule has 3 rings (SSSR count). The second kappa shape index (κ2) is 9.01. The molecule has 2 aromatic rings. The van der Waals surface area contributed by atoms with E-state index in [2.05, 4.69) is 20.6 Å². The summed E-state index contributed by atoms with van der Waals surface area (Å²) in [6.07, 6.45) is 3.76. The summed E-state index contributed by atoms with van der Waals surface area (Å²) in [5.74, 6) is -2.23. The number of carbonyl (C=O) groups excluding carboxylic acids is 1. The minimum atomic E-state index is -0.790. The number of nitrogen functional groups attached to an aromatic ring is 1. The van der Waals surface area contributed by atoms with Crippen molar-refractivity contribution in [3.05, 3.63) is 47.2 Å². The van der Waals surface area contributed by atoms with E-state index < -0.39 is 23.6 Å². The summed E-state index contributed by atoms with van der Waals surface area (Å²) in [6, 6.07) is 2.69. The third-order valence-corrected chi connectivity index (χ3v) is 5.33. The van der Waals surface area contributed by atoms with Gasteiger partial charge in [0.25, 0.3) is 5.91 Å². The number of halogens is 2. The van der Waals surface area contributed by atoms with Gasteiger partial charge in [-0.25, -0.2) is 13.8 Å². The molecule has 0 fully saturated rings. The normalized spacial score (nSPS) is 15.6. The Morgan fingerprint density at radius 3 is 2.76 bits per heavy atom. The molecular weight excluding hydrogens is 398 g/mol. The van der Waals surface area contributed by atoms with Crippen molar-refractivity contribution in [2.75, 3.05) is 25.9 Å². The van der Waals surface area contributed by atoms with Gasteiger partial charge in [-0.1, -0.05) is 23.5 Å². The summed E-state index contributed by atoms with van der Waals surface area (Å²) < 4.78 is 28.1. The van der Waals surface area contributed by atoms with E-state index in [-0.39, 0.29) is 21.3 Å². The number of benzene rings is 1. The predicted molar refractivity (Wildman–Crippen MR) is 111 cm³/mol. The summed E-state index contributed by atoms with van der Waals surface area (Å²) in [7, 11) is 1.59. The molecule has 0 aliphatic carbocycles. The van der Waals surface area contributed by atoms with Gasteiger partial charge in [0.1, 0.15) is 27.7 Å². The van der Waals surface area contributed by atoms with Crippen molar-refractivity contribution in [1.82, 2.24) is 15.6 Å². The molecule has 1 aromatic heterocycles. The van der Waals surface area contributed by atoms with Crippen LogP contribution in [-0.2, 0) is 0 Å². The van der Waals surface area contributed by atoms with E-state index in [1.54, 1.807) is 7.05 Å². The van der Waals surface area contributed by atoms with E-state index in [1.165, 1.54) is 6.07 Å². The van der Waals surface area contributed by atoms with Crippen molar-refractivity contribution < 1.29 is 13.6 Å². The Morgan fingerprint density at radius 2 is 2.17 bits per heavy atom. The number of hydrogen-bond acceptors (Lipinski definition) is 7. The van der Waals surface area contributed by atoms with Gasteiger partial charge in [-0.05, 0) is 30.7 Å². The molecule has 1 unspecified atom stereocenters. The summed E-state index contributed by atoms with van der Waals surface area (Å²) in [4.78, 5) is 21.0. The van der Waals surface area contributed by atoms with E-state index in [0.29, 0.717) is 12.3 Å². The molecule has 0 bridgehead atoms. The molecule has 152 valence electrons. The van der Waals surface area contributed by atoms with Gasteiger partial charge in [-0.2, -0.15) is 0 Å². The SMILES string of the molecule is CN=C(C1=CCNCC1)C(C=N)NC(=O)c1nc(-c2c(F)cccc2F)sc1N. The fourth-order valence-corrected chi connectivity index (χ4v) is 3.92. The Hall–Kier alpha value is -2.98. The Labute approximate surface area is 170 Å². The lowest BCUT2D eigenvalue weighted by molar-refractivity contribution is 0.0951. The molecule has 0 saturated carbocycles. The zero-order valence-corrected chi connectivity index (χ0v) is 16.4. The largest absolute Gasteiger partial charge is 0.389 e. The molecule has 1 atom stereocenters. The molecule has 0 saturated heterocycles. The van der Waals surface area contributed by atoms with Crippen LogP contribution in [0, 0.1) is 17.0 Å². The molecule has 0 spiro atoms. The third kappa shape index (κ3) is 4.38. The summed E-state index contributed by atoms with van der Waals surface area (Å²) >= 11 is 0.820. The highest BCUT2D eigenvalue weighted by atomic mass is 32.1. The molecule has 29 heavy (non-hydrogen) atoms.